The zero-order chi connectivity index (χ0) is 14.1. The summed E-state index contributed by atoms with van der Waals surface area (Å²) in [7, 11) is 0. The van der Waals surface area contributed by atoms with Crippen LogP contribution in [0.5, 0.6) is 0 Å². The molecule has 1 fully saturated rings. The van der Waals surface area contributed by atoms with Gasteiger partial charge in [-0.1, -0.05) is 6.07 Å². The van der Waals surface area contributed by atoms with E-state index in [9.17, 15) is 9.59 Å². The van der Waals surface area contributed by atoms with Crippen LogP contribution in [0.1, 0.15) is 12.0 Å². The highest BCUT2D eigenvalue weighted by atomic mass is 16.4. The van der Waals surface area contributed by atoms with Crippen LogP contribution in [0, 0.1) is 5.92 Å². The molecule has 5 heteroatoms. The van der Waals surface area contributed by atoms with Gasteiger partial charge in [-0.25, -0.2) is 0 Å². The molecule has 0 spiro atoms. The SMILES string of the molecule is O=C(O)C1CC(=O)N(CCc2ccc3[nH]ccc3c2)C1. The molecule has 5 nitrogen and oxygen atoms in total. The molecule has 2 N–H and O–H groups in total. The van der Waals surface area contributed by atoms with Gasteiger partial charge in [0.1, 0.15) is 0 Å². The third-order valence-corrected chi connectivity index (χ3v) is 3.85. The summed E-state index contributed by atoms with van der Waals surface area (Å²) >= 11 is 0. The Kier molecular flexibility index (Phi) is 3.18. The summed E-state index contributed by atoms with van der Waals surface area (Å²) in [5.41, 5.74) is 2.25. The number of likely N-dealkylation sites (tertiary alicyclic amines) is 1. The Morgan fingerprint density at radius 1 is 1.40 bits per heavy atom. The van der Waals surface area contributed by atoms with E-state index in [1.165, 1.54) is 0 Å². The zero-order valence-corrected chi connectivity index (χ0v) is 11.0. The molecule has 1 atom stereocenters. The highest BCUT2D eigenvalue weighted by Gasteiger charge is 2.33. The third-order valence-electron chi connectivity index (χ3n) is 3.85. The number of carboxylic acids is 1. The van der Waals surface area contributed by atoms with Crippen molar-refractivity contribution in [3.8, 4) is 0 Å². The number of aliphatic carboxylic acids is 1. The number of benzene rings is 1. The topological polar surface area (TPSA) is 73.4 Å². The molecule has 0 radical (unpaired) electrons. The van der Waals surface area contributed by atoms with E-state index in [0.29, 0.717) is 13.1 Å². The summed E-state index contributed by atoms with van der Waals surface area (Å²) in [5, 5.41) is 10.1. The van der Waals surface area contributed by atoms with Gasteiger partial charge in [0.05, 0.1) is 5.92 Å². The highest BCUT2D eigenvalue weighted by molar-refractivity contribution is 5.86. The number of aromatic amines is 1. The Bertz CT molecular complexity index is 662. The molecular weight excluding hydrogens is 256 g/mol. The average molecular weight is 272 g/mol. The lowest BCUT2D eigenvalue weighted by Gasteiger charge is -2.15. The first kappa shape index (κ1) is 12.7. The number of hydrogen-bond donors (Lipinski definition) is 2. The number of amides is 1. The Labute approximate surface area is 116 Å². The van der Waals surface area contributed by atoms with E-state index in [0.717, 1.165) is 22.9 Å². The van der Waals surface area contributed by atoms with Crippen LogP contribution in [0.4, 0.5) is 0 Å². The van der Waals surface area contributed by atoms with E-state index in [1.54, 1.807) is 4.90 Å². The van der Waals surface area contributed by atoms with Crippen molar-refractivity contribution in [1.29, 1.82) is 0 Å². The second kappa shape index (κ2) is 5.00. The first-order chi connectivity index (χ1) is 9.63. The lowest BCUT2D eigenvalue weighted by Crippen LogP contribution is -2.28. The van der Waals surface area contributed by atoms with Crippen LogP contribution in [0.2, 0.25) is 0 Å². The van der Waals surface area contributed by atoms with E-state index in [1.807, 2.05) is 24.4 Å². The van der Waals surface area contributed by atoms with Gasteiger partial charge in [0.15, 0.2) is 0 Å². The summed E-state index contributed by atoms with van der Waals surface area (Å²) in [6.45, 7) is 0.916. The van der Waals surface area contributed by atoms with Gasteiger partial charge in [0.2, 0.25) is 5.91 Å². The number of aromatic nitrogens is 1. The van der Waals surface area contributed by atoms with Crippen molar-refractivity contribution in [2.45, 2.75) is 12.8 Å². The predicted octanol–water partition coefficient (Wildman–Crippen LogP) is 1.64. The molecule has 2 heterocycles. The minimum Gasteiger partial charge on any atom is -0.481 e. The van der Waals surface area contributed by atoms with Crippen molar-refractivity contribution in [2.75, 3.05) is 13.1 Å². The number of hydrogen-bond acceptors (Lipinski definition) is 2. The maximum atomic E-state index is 11.7. The molecule has 0 bridgehead atoms. The van der Waals surface area contributed by atoms with Gasteiger partial charge in [-0.05, 0) is 35.6 Å². The molecule has 1 aliphatic heterocycles. The van der Waals surface area contributed by atoms with Gasteiger partial charge in [0.25, 0.3) is 0 Å². The summed E-state index contributed by atoms with van der Waals surface area (Å²) in [6.07, 6.45) is 2.78. The third kappa shape index (κ3) is 2.39. The molecule has 1 aromatic carbocycles. The first-order valence-corrected chi connectivity index (χ1v) is 6.70. The number of carboxylic acid groups (broad SMARTS) is 1. The fraction of sp³-hybridized carbons (Fsp3) is 0.333. The molecule has 2 aromatic rings. The smallest absolute Gasteiger partial charge is 0.308 e. The van der Waals surface area contributed by atoms with Crippen LogP contribution in [0.3, 0.4) is 0 Å². The van der Waals surface area contributed by atoms with E-state index in [-0.39, 0.29) is 12.3 Å². The van der Waals surface area contributed by atoms with Crippen molar-refractivity contribution in [3.05, 3.63) is 36.0 Å². The minimum absolute atomic E-state index is 0.0554. The van der Waals surface area contributed by atoms with E-state index in [4.69, 9.17) is 5.11 Å². The number of nitrogens with zero attached hydrogens (tertiary/aromatic N) is 1. The first-order valence-electron chi connectivity index (χ1n) is 6.70. The summed E-state index contributed by atoms with van der Waals surface area (Å²) in [5.74, 6) is -1.48. The Morgan fingerprint density at radius 3 is 3.00 bits per heavy atom. The van der Waals surface area contributed by atoms with Crippen LogP contribution in [0.25, 0.3) is 10.9 Å². The molecule has 1 saturated heterocycles. The quantitative estimate of drug-likeness (QED) is 0.888. The number of nitrogens with one attached hydrogen (secondary N) is 1. The second-order valence-corrected chi connectivity index (χ2v) is 5.23. The number of rotatable bonds is 4. The summed E-state index contributed by atoms with van der Waals surface area (Å²) in [4.78, 5) is 27.4. The van der Waals surface area contributed by atoms with E-state index in [2.05, 4.69) is 11.1 Å². The molecule has 1 unspecified atom stereocenters. The normalized spacial score (nSPS) is 18.9. The number of carbonyl (C=O) groups excluding carboxylic acids is 1. The van der Waals surface area contributed by atoms with Gasteiger partial charge < -0.3 is 15.0 Å². The molecule has 3 rings (SSSR count). The summed E-state index contributed by atoms with van der Waals surface area (Å²) < 4.78 is 0. The predicted molar refractivity (Wildman–Crippen MR) is 74.3 cm³/mol. The van der Waals surface area contributed by atoms with Crippen LogP contribution in [-0.4, -0.2) is 40.0 Å². The van der Waals surface area contributed by atoms with E-state index >= 15 is 0 Å². The Balaban J connectivity index is 1.64. The van der Waals surface area contributed by atoms with Crippen LogP contribution in [0.15, 0.2) is 30.5 Å². The zero-order valence-electron chi connectivity index (χ0n) is 11.0. The number of fused-ring (bicyclic) bond motifs is 1. The molecule has 20 heavy (non-hydrogen) atoms. The van der Waals surface area contributed by atoms with Crippen LogP contribution < -0.4 is 0 Å². The van der Waals surface area contributed by atoms with Gasteiger partial charge in [0, 0.05) is 31.2 Å². The fourth-order valence-electron chi connectivity index (χ4n) is 2.68. The molecule has 0 aliphatic carbocycles. The standard InChI is InChI=1S/C15H16N2O3/c18-14-8-12(15(19)20)9-17(14)6-4-10-1-2-13-11(7-10)3-5-16-13/h1-3,5,7,12,16H,4,6,8-9H2,(H,19,20). The molecule has 1 aliphatic rings. The lowest BCUT2D eigenvalue weighted by molar-refractivity contribution is -0.141. The van der Waals surface area contributed by atoms with Crippen molar-refractivity contribution >= 4 is 22.8 Å². The monoisotopic (exact) mass is 272 g/mol. The average Bonchev–Trinajstić information content (AvgIpc) is 3.02. The molecule has 0 saturated carbocycles. The van der Waals surface area contributed by atoms with Gasteiger partial charge in [-0.3, -0.25) is 9.59 Å². The number of H-pyrrole nitrogens is 1. The largest absolute Gasteiger partial charge is 0.481 e. The molecule has 1 amide bonds. The maximum absolute atomic E-state index is 11.7. The number of carbonyl (C=O) groups is 2. The van der Waals surface area contributed by atoms with Crippen LogP contribution in [-0.2, 0) is 16.0 Å². The van der Waals surface area contributed by atoms with Crippen molar-refractivity contribution in [3.63, 3.8) is 0 Å². The molecule has 1 aromatic heterocycles. The summed E-state index contributed by atoms with van der Waals surface area (Å²) in [6, 6.07) is 8.17. The molecular formula is C15H16N2O3. The van der Waals surface area contributed by atoms with Gasteiger partial charge in [-0.2, -0.15) is 0 Å². The highest BCUT2D eigenvalue weighted by Crippen LogP contribution is 2.19. The Morgan fingerprint density at radius 2 is 2.25 bits per heavy atom. The lowest BCUT2D eigenvalue weighted by atomic mass is 10.1. The molecule has 104 valence electrons. The minimum atomic E-state index is -0.880. The fourth-order valence-corrected chi connectivity index (χ4v) is 2.68. The second-order valence-electron chi connectivity index (χ2n) is 5.23. The van der Waals surface area contributed by atoms with Crippen molar-refractivity contribution < 1.29 is 14.7 Å². The van der Waals surface area contributed by atoms with Crippen molar-refractivity contribution in [1.82, 2.24) is 9.88 Å². The van der Waals surface area contributed by atoms with Crippen LogP contribution >= 0.6 is 0 Å². The van der Waals surface area contributed by atoms with Gasteiger partial charge in [-0.15, -0.1) is 0 Å². The van der Waals surface area contributed by atoms with Crippen molar-refractivity contribution in [2.24, 2.45) is 5.92 Å². The maximum Gasteiger partial charge on any atom is 0.308 e. The van der Waals surface area contributed by atoms with E-state index < -0.39 is 11.9 Å². The Hall–Kier alpha value is -2.30. The van der Waals surface area contributed by atoms with Gasteiger partial charge >= 0.3 is 5.97 Å².